The predicted molar refractivity (Wildman–Crippen MR) is 123 cm³/mol. The van der Waals surface area contributed by atoms with Crippen molar-refractivity contribution in [3.05, 3.63) is 48.2 Å². The first-order valence-electron chi connectivity index (χ1n) is 10.5. The number of methoxy groups -OCH3 is 1. The van der Waals surface area contributed by atoms with Crippen LogP contribution in [-0.4, -0.2) is 57.0 Å². The van der Waals surface area contributed by atoms with E-state index in [9.17, 15) is 14.4 Å². The fourth-order valence-corrected chi connectivity index (χ4v) is 5.52. The molecule has 2 aliphatic heterocycles. The van der Waals surface area contributed by atoms with Gasteiger partial charge < -0.3 is 18.8 Å². The number of hydrogen-bond acceptors (Lipinski definition) is 6. The van der Waals surface area contributed by atoms with Crippen LogP contribution < -0.4 is 5.32 Å². The highest BCUT2D eigenvalue weighted by atomic mass is 28.4. The minimum Gasteiger partial charge on any atom is -0.457 e. The van der Waals surface area contributed by atoms with Gasteiger partial charge in [-0.05, 0) is 56.3 Å². The molecule has 1 aromatic rings. The van der Waals surface area contributed by atoms with Crippen LogP contribution in [0, 0.1) is 5.92 Å². The summed E-state index contributed by atoms with van der Waals surface area (Å²) in [5.41, 5.74) is 2.35. The summed E-state index contributed by atoms with van der Waals surface area (Å²) < 4.78 is 16.1. The number of hydrogen-bond donors (Lipinski definition) is 1. The highest BCUT2D eigenvalue weighted by Crippen LogP contribution is 2.48. The third-order valence-corrected chi connectivity index (χ3v) is 6.52. The van der Waals surface area contributed by atoms with E-state index in [4.69, 9.17) is 9.16 Å². The van der Waals surface area contributed by atoms with Crippen LogP contribution in [0.1, 0.15) is 18.9 Å². The molecule has 3 rings (SSSR count). The maximum atomic E-state index is 13.1. The van der Waals surface area contributed by atoms with E-state index in [0.717, 1.165) is 11.1 Å². The second-order valence-corrected chi connectivity index (χ2v) is 13.3. The predicted octanol–water partition coefficient (Wildman–Crippen LogP) is 3.78. The van der Waals surface area contributed by atoms with Crippen molar-refractivity contribution in [3.8, 4) is 0 Å². The molecule has 0 aliphatic carbocycles. The summed E-state index contributed by atoms with van der Waals surface area (Å²) in [6.45, 7) is 11.8. The molecule has 1 fully saturated rings. The highest BCUT2D eigenvalue weighted by Gasteiger charge is 2.57. The minimum absolute atomic E-state index is 0.0584. The number of carbonyl (C=O) groups excluding carboxylic acids is 3. The monoisotopic (exact) mass is 458 g/mol. The average molecular weight is 459 g/mol. The Labute approximate surface area is 189 Å². The van der Waals surface area contributed by atoms with E-state index >= 15 is 0 Å². The molecule has 1 saturated heterocycles. The summed E-state index contributed by atoms with van der Waals surface area (Å²) in [4.78, 5) is 38.9. The lowest BCUT2D eigenvalue weighted by molar-refractivity contribution is -0.161. The minimum atomic E-state index is -1.83. The summed E-state index contributed by atoms with van der Waals surface area (Å²) in [7, 11) is -0.541. The smallest absolute Gasteiger partial charge is 0.411 e. The lowest BCUT2D eigenvalue weighted by atomic mass is 9.82. The molecule has 2 amide bonds. The van der Waals surface area contributed by atoms with Crippen molar-refractivity contribution in [2.75, 3.05) is 19.0 Å². The number of amides is 2. The summed E-state index contributed by atoms with van der Waals surface area (Å²) in [5, 5.41) is 2.59. The van der Waals surface area contributed by atoms with Crippen molar-refractivity contribution in [1.29, 1.82) is 0 Å². The van der Waals surface area contributed by atoms with Gasteiger partial charge in [0.1, 0.15) is 12.3 Å². The molecule has 0 radical (unpaired) electrons. The molecule has 9 heteroatoms. The number of nitrogens with zero attached hydrogens (tertiary/aromatic N) is 1. The van der Waals surface area contributed by atoms with Crippen molar-refractivity contribution in [3.63, 3.8) is 0 Å². The fraction of sp³-hybridized carbons (Fsp3) is 0.435. The van der Waals surface area contributed by atoms with Gasteiger partial charge in [0.25, 0.3) is 0 Å². The number of rotatable bonds is 8. The first-order chi connectivity index (χ1) is 15.1. The Balaban J connectivity index is 1.89. The van der Waals surface area contributed by atoms with Gasteiger partial charge in [-0.25, -0.2) is 9.59 Å². The third kappa shape index (κ3) is 4.78. The number of ether oxygens (including phenoxy) is 2. The topological polar surface area (TPSA) is 94.2 Å². The molecule has 32 heavy (non-hydrogen) atoms. The second kappa shape index (κ2) is 9.29. The maximum absolute atomic E-state index is 13.1. The van der Waals surface area contributed by atoms with Crippen LogP contribution in [0.25, 0.3) is 5.57 Å². The van der Waals surface area contributed by atoms with Crippen LogP contribution in [-0.2, 0) is 23.5 Å². The molecule has 2 aliphatic rings. The zero-order valence-corrected chi connectivity index (χ0v) is 20.1. The van der Waals surface area contributed by atoms with Crippen LogP contribution in [0.2, 0.25) is 19.6 Å². The Morgan fingerprint density at radius 1 is 1.28 bits per heavy atom. The van der Waals surface area contributed by atoms with Crippen LogP contribution in [0.3, 0.4) is 0 Å². The number of esters is 1. The number of benzene rings is 1. The van der Waals surface area contributed by atoms with Crippen LogP contribution >= 0.6 is 0 Å². The van der Waals surface area contributed by atoms with Crippen LogP contribution in [0.4, 0.5) is 10.5 Å². The Hall–Kier alpha value is -2.91. The van der Waals surface area contributed by atoms with Crippen molar-refractivity contribution >= 4 is 37.5 Å². The average Bonchev–Trinajstić information content (AvgIpc) is 3.06. The Morgan fingerprint density at radius 2 is 1.94 bits per heavy atom. The summed E-state index contributed by atoms with van der Waals surface area (Å²) in [5.74, 6) is -0.975. The molecule has 0 saturated carbocycles. The lowest BCUT2D eigenvalue weighted by Gasteiger charge is -2.47. The Bertz CT molecular complexity index is 950. The van der Waals surface area contributed by atoms with Gasteiger partial charge in [-0.15, -0.1) is 0 Å². The maximum Gasteiger partial charge on any atom is 0.411 e. The SMILES string of the molecule is C=CCOC(=O)C1=C(c2ccc(NC(=O)OC)cc2)C[C@@H]2[C@@H]([C@@H](C)O[Si](C)(C)C)C(=O)N12. The van der Waals surface area contributed by atoms with Gasteiger partial charge in [-0.2, -0.15) is 0 Å². The standard InChI is InChI=1S/C23H30N2O6Si/c1-7-12-30-22(27)20-17(15-8-10-16(11-9-15)24-23(28)29-3)13-18-19(21(26)25(18)20)14(2)31-32(4,5)6/h7-11,14,18-19H,1,12-13H2,2-6H3,(H,24,28)/t14-,18-,19-/m1/s1. The molecule has 172 valence electrons. The third-order valence-electron chi connectivity index (χ3n) is 5.44. The molecule has 2 heterocycles. The van der Waals surface area contributed by atoms with Crippen molar-refractivity contribution < 1.29 is 28.3 Å². The summed E-state index contributed by atoms with van der Waals surface area (Å²) in [6.07, 6.45) is 1.22. The number of anilines is 1. The number of β-lactam (4-membered cyclic amide) rings is 1. The van der Waals surface area contributed by atoms with E-state index in [1.807, 2.05) is 6.92 Å². The van der Waals surface area contributed by atoms with Gasteiger partial charge in [-0.3, -0.25) is 10.1 Å². The van der Waals surface area contributed by atoms with E-state index in [2.05, 4.69) is 36.3 Å². The van der Waals surface area contributed by atoms with Gasteiger partial charge in [0, 0.05) is 5.69 Å². The van der Waals surface area contributed by atoms with Gasteiger partial charge in [0.05, 0.1) is 25.2 Å². The van der Waals surface area contributed by atoms with E-state index in [1.165, 1.54) is 13.2 Å². The van der Waals surface area contributed by atoms with Gasteiger partial charge in [0.2, 0.25) is 5.91 Å². The molecule has 1 N–H and O–H groups in total. The molecule has 3 atom stereocenters. The first-order valence-corrected chi connectivity index (χ1v) is 14.0. The van der Waals surface area contributed by atoms with Gasteiger partial charge >= 0.3 is 12.1 Å². The van der Waals surface area contributed by atoms with E-state index in [0.29, 0.717) is 12.1 Å². The molecule has 0 spiro atoms. The fourth-order valence-electron chi connectivity index (χ4n) is 4.26. The first kappa shape index (κ1) is 23.7. The normalized spacial score (nSPS) is 20.9. The molecule has 0 bridgehead atoms. The zero-order chi connectivity index (χ0) is 23.6. The Kier molecular flexibility index (Phi) is 6.90. The van der Waals surface area contributed by atoms with E-state index in [1.54, 1.807) is 29.2 Å². The van der Waals surface area contributed by atoms with E-state index < -0.39 is 20.4 Å². The second-order valence-electron chi connectivity index (χ2n) is 8.85. The highest BCUT2D eigenvalue weighted by molar-refractivity contribution is 6.69. The summed E-state index contributed by atoms with van der Waals surface area (Å²) in [6, 6.07) is 6.89. The van der Waals surface area contributed by atoms with E-state index in [-0.39, 0.29) is 36.3 Å². The Morgan fingerprint density at radius 3 is 2.50 bits per heavy atom. The van der Waals surface area contributed by atoms with Crippen molar-refractivity contribution in [2.24, 2.45) is 5.92 Å². The van der Waals surface area contributed by atoms with Crippen molar-refractivity contribution in [2.45, 2.75) is 45.1 Å². The molecule has 0 aromatic heterocycles. The lowest BCUT2D eigenvalue weighted by Crippen LogP contribution is -2.63. The number of carbonyl (C=O) groups is 3. The molecular weight excluding hydrogens is 428 g/mol. The molecular formula is C23H30N2O6Si. The van der Waals surface area contributed by atoms with Crippen LogP contribution in [0.15, 0.2) is 42.6 Å². The molecule has 8 nitrogen and oxygen atoms in total. The van der Waals surface area contributed by atoms with Gasteiger partial charge in [-0.1, -0.05) is 24.8 Å². The number of nitrogens with one attached hydrogen (secondary N) is 1. The summed E-state index contributed by atoms with van der Waals surface area (Å²) >= 11 is 0. The number of fused-ring (bicyclic) bond motifs is 1. The van der Waals surface area contributed by atoms with Gasteiger partial charge in [0.15, 0.2) is 8.32 Å². The molecule has 0 unspecified atom stereocenters. The van der Waals surface area contributed by atoms with Crippen LogP contribution in [0.5, 0.6) is 0 Å². The quantitative estimate of drug-likeness (QED) is 0.276. The largest absolute Gasteiger partial charge is 0.457 e. The zero-order valence-electron chi connectivity index (χ0n) is 19.1. The van der Waals surface area contributed by atoms with Crippen molar-refractivity contribution in [1.82, 2.24) is 4.90 Å². The molecule has 1 aromatic carbocycles.